The van der Waals surface area contributed by atoms with Crippen LogP contribution in [0.15, 0.2) is 12.2 Å². The maximum Gasteiger partial charge on any atom is 1.00 e. The second kappa shape index (κ2) is 24.5. The third-order valence-electron chi connectivity index (χ3n) is 4.28. The number of rotatable bonds is 18. The van der Waals surface area contributed by atoms with Gasteiger partial charge in [0.25, 0.3) is 5.12 Å². The summed E-state index contributed by atoms with van der Waals surface area (Å²) in [6.45, 7) is 2.19. The van der Waals surface area contributed by atoms with Gasteiger partial charge in [0.2, 0.25) is 0 Å². The van der Waals surface area contributed by atoms with Gasteiger partial charge in [-0.25, -0.2) is 0 Å². The van der Waals surface area contributed by atoms with E-state index in [0.717, 1.165) is 32.1 Å². The number of carbonyl (C=O) groups is 1. The van der Waals surface area contributed by atoms with Crippen LogP contribution >= 0.6 is 0 Å². The zero-order valence-electron chi connectivity index (χ0n) is 20.6. The maximum atomic E-state index is 11.5. The number of nitrogens with two attached hydrogens (primary N) is 1. The molecule has 0 fully saturated rings. The van der Waals surface area contributed by atoms with Gasteiger partial charge in [0.05, 0.1) is 6.61 Å². The van der Waals surface area contributed by atoms with Crippen molar-refractivity contribution in [3.8, 4) is 0 Å². The first-order valence-corrected chi connectivity index (χ1v) is 11.7. The predicted octanol–water partition coefficient (Wildman–Crippen LogP) is -0.911. The van der Waals surface area contributed by atoms with Crippen molar-refractivity contribution in [1.29, 1.82) is 0 Å². The topological polar surface area (TPSA) is 86.5 Å². The second-order valence-corrected chi connectivity index (χ2v) is 8.37. The molecule has 0 amide bonds. The van der Waals surface area contributed by atoms with E-state index in [9.17, 15) is 13.2 Å². The molecule has 5 nitrogen and oxygen atoms in total. The monoisotopic (exact) mass is 437 g/mol. The molecule has 0 spiro atoms. The van der Waals surface area contributed by atoms with Crippen LogP contribution in [0.2, 0.25) is 0 Å². The normalized spacial score (nSPS) is 11.2. The first kappa shape index (κ1) is 33.9. The van der Waals surface area contributed by atoms with Crippen LogP contribution in [0.25, 0.3) is 0 Å². The van der Waals surface area contributed by atoms with E-state index in [2.05, 4.69) is 23.3 Å². The Morgan fingerprint density at radius 1 is 0.857 bits per heavy atom. The summed E-state index contributed by atoms with van der Waals surface area (Å²) in [5, 5.41) is -0.830. The third-order valence-corrected chi connectivity index (χ3v) is 5.52. The van der Waals surface area contributed by atoms with Crippen LogP contribution in [-0.4, -0.2) is 26.7 Å². The van der Waals surface area contributed by atoms with Gasteiger partial charge in [0.15, 0.2) is 0 Å². The van der Waals surface area contributed by atoms with Crippen molar-refractivity contribution in [2.45, 2.75) is 96.8 Å². The summed E-state index contributed by atoms with van der Waals surface area (Å²) in [6.07, 6.45) is 19.7. The van der Waals surface area contributed by atoms with Crippen molar-refractivity contribution < 1.29 is 79.4 Å². The molecule has 0 aliphatic heterocycles. The van der Waals surface area contributed by atoms with Gasteiger partial charge in [-0.1, -0.05) is 70.4 Å². The zero-order valence-corrected chi connectivity index (χ0v) is 23.4. The molecule has 0 bridgehead atoms. The minimum Gasteiger partial charge on any atom is -1.00 e. The minimum atomic E-state index is -4.07. The van der Waals surface area contributed by atoms with Crippen molar-refractivity contribution in [3.05, 3.63) is 12.2 Å². The van der Waals surface area contributed by atoms with Crippen molar-refractivity contribution >= 4 is 15.2 Å². The second-order valence-electron chi connectivity index (χ2n) is 6.77. The zero-order chi connectivity index (χ0) is 19.5. The Labute approximate surface area is 220 Å². The third kappa shape index (κ3) is 22.0. The van der Waals surface area contributed by atoms with Crippen molar-refractivity contribution in [1.82, 2.24) is 0 Å². The molecule has 0 aromatic rings. The fraction of sp³-hybridized carbons (Fsp3) is 0.850. The Kier molecular flexibility index (Phi) is 29.7. The van der Waals surface area contributed by atoms with Crippen LogP contribution in [0.4, 0.5) is 0 Å². The van der Waals surface area contributed by atoms with Crippen molar-refractivity contribution in [2.24, 2.45) is 5.73 Å². The van der Waals surface area contributed by atoms with Crippen LogP contribution in [0.5, 0.6) is 0 Å². The quantitative estimate of drug-likeness (QED) is 0.130. The molecular weight excluding hydrogens is 396 g/mol. The first-order chi connectivity index (χ1) is 12.5. The summed E-state index contributed by atoms with van der Waals surface area (Å²) in [5.74, 6) is 0. The van der Waals surface area contributed by atoms with Gasteiger partial charge >= 0.3 is 69.2 Å². The largest absolute Gasteiger partial charge is 1.00 e. The smallest absolute Gasteiger partial charge is 1.00 e. The van der Waals surface area contributed by atoms with Crippen molar-refractivity contribution in [3.63, 3.8) is 0 Å². The molecule has 0 rings (SSSR count). The molecule has 0 unspecified atom stereocenters. The number of allylic oxidation sites excluding steroid dienone is 2. The molecule has 0 aliphatic rings. The average Bonchev–Trinajstić information content (AvgIpc) is 2.63. The molecule has 0 saturated carbocycles. The summed E-state index contributed by atoms with van der Waals surface area (Å²) >= 11 is 0. The Morgan fingerprint density at radius 2 is 1.32 bits per heavy atom. The molecule has 0 heterocycles. The van der Waals surface area contributed by atoms with Crippen LogP contribution in [-0.2, 0) is 19.1 Å². The van der Waals surface area contributed by atoms with E-state index in [1.54, 1.807) is 0 Å². The number of hydrogen-bond donors (Lipinski definition) is 1. The van der Waals surface area contributed by atoms with E-state index >= 15 is 0 Å². The fourth-order valence-corrected chi connectivity index (χ4v) is 3.53. The van der Waals surface area contributed by atoms with Gasteiger partial charge in [-0.05, 0) is 32.1 Å². The Bertz CT molecular complexity index is 481. The van der Waals surface area contributed by atoms with Gasteiger partial charge in [0, 0.05) is 13.0 Å². The van der Waals surface area contributed by atoms with Gasteiger partial charge in [-0.2, -0.15) is 8.42 Å². The summed E-state index contributed by atoms with van der Waals surface area (Å²) in [4.78, 5) is 11.5. The average molecular weight is 438 g/mol. The summed E-state index contributed by atoms with van der Waals surface area (Å²) in [5.41, 5.74) is 5.17. The molecule has 0 radical (unpaired) electrons. The molecule has 0 aromatic carbocycles. The Balaban J connectivity index is -0.000000521. The van der Waals surface area contributed by atoms with E-state index in [0.29, 0.717) is 6.42 Å². The number of carbonyl (C=O) groups excluding carboxylic acids is 1. The molecule has 0 aromatic heterocycles. The molecule has 0 atom stereocenters. The summed E-state index contributed by atoms with van der Waals surface area (Å²) in [6, 6.07) is 0. The Morgan fingerprint density at radius 3 is 1.82 bits per heavy atom. The van der Waals surface area contributed by atoms with E-state index in [-0.39, 0.29) is 81.5 Å². The Hall–Kier alpha value is 1.28. The van der Waals surface area contributed by atoms with Gasteiger partial charge in [-0.3, -0.25) is 8.98 Å². The van der Waals surface area contributed by atoms with Crippen LogP contribution in [0, 0.1) is 0 Å². The van der Waals surface area contributed by atoms with Crippen LogP contribution in [0.3, 0.4) is 0 Å². The molecule has 8 heteroatoms. The number of unbranched alkanes of at least 4 members (excludes halogenated alkanes) is 11. The number of hydrogen-bond acceptors (Lipinski definition) is 5. The fourth-order valence-electron chi connectivity index (χ4n) is 2.69. The van der Waals surface area contributed by atoms with E-state index in [1.165, 1.54) is 44.9 Å². The minimum absolute atomic E-state index is 0. The molecular formula is C20H41NNa2O4S. The summed E-state index contributed by atoms with van der Waals surface area (Å²) < 4.78 is 27.4. The van der Waals surface area contributed by atoms with Gasteiger partial charge < -0.3 is 8.59 Å². The molecule has 28 heavy (non-hydrogen) atoms. The van der Waals surface area contributed by atoms with Crippen molar-refractivity contribution in [2.75, 3.05) is 13.2 Å². The van der Waals surface area contributed by atoms with E-state index in [4.69, 9.17) is 5.73 Å². The van der Waals surface area contributed by atoms with Gasteiger partial charge in [0.1, 0.15) is 0 Å². The molecule has 2 N–H and O–H groups in total. The molecule has 0 aliphatic carbocycles. The molecule has 0 saturated heterocycles. The van der Waals surface area contributed by atoms with E-state index < -0.39 is 15.2 Å². The first-order valence-electron chi connectivity index (χ1n) is 10.3. The maximum absolute atomic E-state index is 11.5. The molecule has 158 valence electrons. The van der Waals surface area contributed by atoms with Gasteiger partial charge in [-0.15, -0.1) is 0 Å². The van der Waals surface area contributed by atoms with E-state index in [1.807, 2.05) is 0 Å². The van der Waals surface area contributed by atoms with Crippen LogP contribution in [0.1, 0.15) is 99.7 Å². The predicted molar refractivity (Wildman–Crippen MR) is 111 cm³/mol. The van der Waals surface area contributed by atoms with Crippen LogP contribution < -0.4 is 64.8 Å². The standard InChI is InChI=1S/C20H39NO4S.2Na.2H/c1-2-3-4-5-6-7-8-9-10-11-12-13-14-15-16-17-20(22)26(23,24)25-19-18-21;;;;/h9-10H,2-8,11-19,21H2,1H3;;;;/q;2*+1;2*-1/b10-9-;;;;. The summed E-state index contributed by atoms with van der Waals surface area (Å²) in [7, 11) is -4.07. The SMILES string of the molecule is CCCCCCCC/C=C\CCCCCCCC(=O)S(=O)(=O)OCCN.[H-].[H-].[Na+].[Na+].